The molecule has 3 nitrogen and oxygen atoms in total. The average molecular weight is 334 g/mol. The van der Waals surface area contributed by atoms with Crippen LogP contribution in [-0.2, 0) is 6.54 Å². The first kappa shape index (κ1) is 19.7. The molecule has 0 amide bonds. The zero-order valence-corrected chi connectivity index (χ0v) is 15.3. The normalized spacial score (nSPS) is 14.3. The molecule has 4 N–H and O–H groups in total. The molecule has 1 aliphatic rings. The predicted octanol–water partition coefficient (Wildman–Crippen LogP) is 5.09. The van der Waals surface area contributed by atoms with Gasteiger partial charge in [0.1, 0.15) is 0 Å². The fourth-order valence-corrected chi connectivity index (χ4v) is 3.52. The van der Waals surface area contributed by atoms with Crippen molar-refractivity contribution in [2.24, 2.45) is 0 Å². The number of nitrogens with one attached hydrogen (secondary N) is 1. The van der Waals surface area contributed by atoms with E-state index < -0.39 is 0 Å². The summed E-state index contributed by atoms with van der Waals surface area (Å²) in [6.07, 6.45) is 3.73. The lowest BCUT2D eigenvalue weighted by Crippen LogP contribution is -2.42. The Balaban J connectivity index is 0.000000615. The van der Waals surface area contributed by atoms with Gasteiger partial charge < -0.3 is 16.4 Å². The summed E-state index contributed by atoms with van der Waals surface area (Å²) in [7, 11) is 0. The molecule has 0 saturated carbocycles. The highest BCUT2D eigenvalue weighted by atomic mass is 32.1. The third-order valence-corrected chi connectivity index (χ3v) is 4.64. The predicted molar refractivity (Wildman–Crippen MR) is 104 cm³/mol. The van der Waals surface area contributed by atoms with Crippen LogP contribution in [0.25, 0.3) is 0 Å². The van der Waals surface area contributed by atoms with Crippen molar-refractivity contribution >= 4 is 16.3 Å². The summed E-state index contributed by atoms with van der Waals surface area (Å²) in [5.74, 6) is 0. The molecule has 0 unspecified atom stereocenters. The molecule has 2 aromatic rings. The maximum atomic E-state index is 3.46. The van der Waals surface area contributed by atoms with E-state index in [9.17, 15) is 0 Å². The number of anilines is 1. The topological polar surface area (TPSA) is 50.3 Å². The maximum absolute atomic E-state index is 3.46. The Bertz CT molecular complexity index is 493. The van der Waals surface area contributed by atoms with Crippen molar-refractivity contribution in [3.63, 3.8) is 0 Å². The van der Waals surface area contributed by atoms with E-state index >= 15 is 0 Å². The average Bonchev–Trinajstić information content (AvgIpc) is 3.09. The smallest absolute Gasteiger partial charge is 0.0913 e. The quantitative estimate of drug-likeness (QED) is 0.820. The summed E-state index contributed by atoms with van der Waals surface area (Å²) in [4.78, 5) is 2.58. The van der Waals surface area contributed by atoms with E-state index in [1.807, 2.05) is 11.3 Å². The van der Waals surface area contributed by atoms with Gasteiger partial charge in [-0.2, -0.15) is 0 Å². The van der Waals surface area contributed by atoms with Gasteiger partial charge in [0.25, 0.3) is 0 Å². The maximum Gasteiger partial charge on any atom is 0.0913 e. The summed E-state index contributed by atoms with van der Waals surface area (Å²) in [5.41, 5.74) is 1.40. The number of benzene rings is 1. The van der Waals surface area contributed by atoms with E-state index in [1.165, 1.54) is 29.8 Å². The summed E-state index contributed by atoms with van der Waals surface area (Å²) in [5, 5.41) is 7.03. The SMILES string of the molecule is CCC.N.c1ccc(CN(c2cccs2)C2CCNCC2)cc1. The number of hydrogen-bond donors (Lipinski definition) is 2. The summed E-state index contributed by atoms with van der Waals surface area (Å²) < 4.78 is 0. The van der Waals surface area contributed by atoms with Gasteiger partial charge in [-0.25, -0.2) is 0 Å². The van der Waals surface area contributed by atoms with Crippen LogP contribution in [-0.4, -0.2) is 19.1 Å². The van der Waals surface area contributed by atoms with Crippen LogP contribution in [0.5, 0.6) is 0 Å². The molecule has 23 heavy (non-hydrogen) atoms. The van der Waals surface area contributed by atoms with Crippen LogP contribution in [0.15, 0.2) is 47.8 Å². The Morgan fingerprint density at radius 3 is 2.26 bits per heavy atom. The lowest BCUT2D eigenvalue weighted by molar-refractivity contribution is 0.429. The number of nitrogens with zero attached hydrogens (tertiary/aromatic N) is 1. The van der Waals surface area contributed by atoms with Gasteiger partial charge >= 0.3 is 0 Å². The molecule has 0 spiro atoms. The largest absolute Gasteiger partial charge is 0.356 e. The monoisotopic (exact) mass is 333 g/mol. The van der Waals surface area contributed by atoms with Gasteiger partial charge in [-0.05, 0) is 49.0 Å². The molecule has 0 bridgehead atoms. The number of hydrogen-bond acceptors (Lipinski definition) is 4. The van der Waals surface area contributed by atoms with E-state index in [0.717, 1.165) is 19.6 Å². The minimum atomic E-state index is 0. The molecule has 2 heterocycles. The summed E-state index contributed by atoms with van der Waals surface area (Å²) >= 11 is 1.85. The molecule has 1 aliphatic heterocycles. The third-order valence-electron chi connectivity index (χ3n) is 3.73. The second-order valence-corrected chi connectivity index (χ2v) is 6.68. The molecule has 0 aliphatic carbocycles. The molecule has 4 heteroatoms. The van der Waals surface area contributed by atoms with E-state index in [-0.39, 0.29) is 6.15 Å². The lowest BCUT2D eigenvalue weighted by atomic mass is 10.0. The van der Waals surface area contributed by atoms with Crippen LogP contribution in [0, 0.1) is 0 Å². The van der Waals surface area contributed by atoms with Crippen LogP contribution in [0.4, 0.5) is 5.00 Å². The molecule has 1 aromatic heterocycles. The molecule has 3 rings (SSSR count). The molecule has 1 fully saturated rings. The van der Waals surface area contributed by atoms with Crippen LogP contribution < -0.4 is 16.4 Å². The minimum Gasteiger partial charge on any atom is -0.356 e. The van der Waals surface area contributed by atoms with Crippen molar-refractivity contribution in [1.29, 1.82) is 0 Å². The number of piperidine rings is 1. The van der Waals surface area contributed by atoms with Gasteiger partial charge in [0.2, 0.25) is 0 Å². The van der Waals surface area contributed by atoms with Crippen molar-refractivity contribution in [3.8, 4) is 0 Å². The first-order chi connectivity index (χ1) is 10.8. The van der Waals surface area contributed by atoms with Crippen molar-refractivity contribution < 1.29 is 0 Å². The van der Waals surface area contributed by atoms with Gasteiger partial charge in [0, 0.05) is 12.6 Å². The zero-order chi connectivity index (χ0) is 15.6. The molecule has 1 aromatic carbocycles. The van der Waals surface area contributed by atoms with E-state index in [4.69, 9.17) is 0 Å². The van der Waals surface area contributed by atoms with Crippen LogP contribution >= 0.6 is 11.3 Å². The standard InChI is InChI=1S/C16H20N2S.C3H8.H3N/c1-2-5-14(6-3-1)13-18(16-7-4-12-19-16)15-8-10-17-11-9-15;1-3-2;/h1-7,12,15,17H,8-11,13H2;3H2,1-2H3;1H3. The highest BCUT2D eigenvalue weighted by Gasteiger charge is 2.21. The summed E-state index contributed by atoms with van der Waals surface area (Å²) in [6.45, 7) is 7.55. The van der Waals surface area contributed by atoms with Crippen molar-refractivity contribution in [2.75, 3.05) is 18.0 Å². The van der Waals surface area contributed by atoms with Gasteiger partial charge in [0.05, 0.1) is 5.00 Å². The van der Waals surface area contributed by atoms with Gasteiger partial charge in [-0.3, -0.25) is 0 Å². The summed E-state index contributed by atoms with van der Waals surface area (Å²) in [6, 6.07) is 15.9. The fraction of sp³-hybridized carbons (Fsp3) is 0.474. The van der Waals surface area contributed by atoms with E-state index in [0.29, 0.717) is 6.04 Å². The Kier molecular flexibility index (Phi) is 9.60. The number of thiophene rings is 1. The Morgan fingerprint density at radius 1 is 1.04 bits per heavy atom. The highest BCUT2D eigenvalue weighted by Crippen LogP contribution is 2.28. The minimum absolute atomic E-state index is 0. The molecule has 0 atom stereocenters. The van der Waals surface area contributed by atoms with Crippen molar-refractivity contribution in [3.05, 3.63) is 53.4 Å². The van der Waals surface area contributed by atoms with Crippen LogP contribution in [0.2, 0.25) is 0 Å². The lowest BCUT2D eigenvalue weighted by Gasteiger charge is -2.35. The third kappa shape index (κ3) is 6.34. The first-order valence-corrected chi connectivity index (χ1v) is 9.27. The molecule has 0 radical (unpaired) electrons. The Labute approximate surface area is 145 Å². The Hall–Kier alpha value is -1.36. The Morgan fingerprint density at radius 2 is 1.70 bits per heavy atom. The number of rotatable bonds is 4. The second-order valence-electron chi connectivity index (χ2n) is 5.75. The first-order valence-electron chi connectivity index (χ1n) is 8.40. The van der Waals surface area contributed by atoms with Crippen molar-refractivity contribution in [1.82, 2.24) is 11.5 Å². The van der Waals surface area contributed by atoms with Crippen molar-refractivity contribution in [2.45, 2.75) is 45.7 Å². The van der Waals surface area contributed by atoms with E-state index in [1.54, 1.807) is 0 Å². The van der Waals surface area contributed by atoms with E-state index in [2.05, 4.69) is 71.9 Å². The van der Waals surface area contributed by atoms with Crippen LogP contribution in [0.3, 0.4) is 0 Å². The highest BCUT2D eigenvalue weighted by molar-refractivity contribution is 7.14. The van der Waals surface area contributed by atoms with Gasteiger partial charge in [-0.15, -0.1) is 11.3 Å². The van der Waals surface area contributed by atoms with Gasteiger partial charge in [-0.1, -0.05) is 50.6 Å². The van der Waals surface area contributed by atoms with Gasteiger partial charge in [0.15, 0.2) is 0 Å². The van der Waals surface area contributed by atoms with Crippen LogP contribution in [0.1, 0.15) is 38.7 Å². The molecule has 128 valence electrons. The zero-order valence-electron chi connectivity index (χ0n) is 14.5. The molecular weight excluding hydrogens is 302 g/mol. The molecular formula is C19H31N3S. The second kappa shape index (κ2) is 11.2. The fourth-order valence-electron chi connectivity index (χ4n) is 2.72. The molecule has 1 saturated heterocycles.